The van der Waals surface area contributed by atoms with Gasteiger partial charge in [-0.25, -0.2) is 0 Å². The fourth-order valence-corrected chi connectivity index (χ4v) is 4.45. The molecule has 28 heavy (non-hydrogen) atoms. The van der Waals surface area contributed by atoms with E-state index in [9.17, 15) is 5.11 Å². The van der Waals surface area contributed by atoms with Crippen LogP contribution in [0.4, 0.5) is 0 Å². The highest BCUT2D eigenvalue weighted by molar-refractivity contribution is 5.85. The van der Waals surface area contributed by atoms with Crippen LogP contribution in [0.2, 0.25) is 0 Å². The summed E-state index contributed by atoms with van der Waals surface area (Å²) in [6.45, 7) is 9.90. The Balaban J connectivity index is 1.97. The molecule has 5 heteroatoms. The van der Waals surface area contributed by atoms with Crippen LogP contribution in [0.15, 0.2) is 17.7 Å². The molecule has 0 radical (unpaired) electrons. The lowest BCUT2D eigenvalue weighted by Gasteiger charge is -2.42. The van der Waals surface area contributed by atoms with E-state index in [1.165, 1.54) is 31.9 Å². The van der Waals surface area contributed by atoms with Crippen LogP contribution in [0.25, 0.3) is 5.57 Å². The summed E-state index contributed by atoms with van der Waals surface area (Å²) in [6.07, 6.45) is 5.56. The normalized spacial score (nSPS) is 18.8. The number of phenols is 1. The fraction of sp³-hybridized carbons (Fsp3) is 0.609. The molecule has 0 bridgehead atoms. The molecule has 0 aromatic heterocycles. The van der Waals surface area contributed by atoms with Crippen LogP contribution in [0, 0.1) is 5.41 Å². The van der Waals surface area contributed by atoms with Gasteiger partial charge in [0.05, 0.1) is 12.7 Å². The average molecular weight is 387 g/mol. The summed E-state index contributed by atoms with van der Waals surface area (Å²) >= 11 is 0. The minimum Gasteiger partial charge on any atom is -0.507 e. The number of fused-ring (bicyclic) bond motifs is 2. The van der Waals surface area contributed by atoms with Crippen LogP contribution in [0.5, 0.6) is 11.5 Å². The van der Waals surface area contributed by atoms with Crippen molar-refractivity contribution in [3.63, 3.8) is 0 Å². The van der Waals surface area contributed by atoms with E-state index >= 15 is 0 Å². The summed E-state index contributed by atoms with van der Waals surface area (Å²) in [6, 6.07) is 4.18. The molecule has 0 saturated carbocycles. The van der Waals surface area contributed by atoms with Crippen molar-refractivity contribution < 1.29 is 14.6 Å². The second-order valence-electron chi connectivity index (χ2n) is 8.56. The van der Waals surface area contributed by atoms with Gasteiger partial charge in [0.2, 0.25) is 0 Å². The van der Waals surface area contributed by atoms with E-state index in [1.54, 1.807) is 0 Å². The molecule has 1 atom stereocenters. The predicted octanol–water partition coefficient (Wildman–Crippen LogP) is 5.29. The SMILES string of the molecule is CCCCCC(C)c1cc(O)c2c(c1)OC(C)(C)C1=C2CN(C(=N)OC)CC1. The van der Waals surface area contributed by atoms with Gasteiger partial charge in [-0.3, -0.25) is 5.41 Å². The number of methoxy groups -OCH3 is 1. The largest absolute Gasteiger partial charge is 0.507 e. The molecule has 0 aliphatic carbocycles. The van der Waals surface area contributed by atoms with E-state index in [0.717, 1.165) is 41.8 Å². The molecule has 0 fully saturated rings. The summed E-state index contributed by atoms with van der Waals surface area (Å²) in [5.74, 6) is 1.42. The number of nitrogens with zero attached hydrogens (tertiary/aromatic N) is 1. The quantitative estimate of drug-likeness (QED) is 0.410. The number of rotatable bonds is 5. The third-order valence-corrected chi connectivity index (χ3v) is 6.13. The maximum atomic E-state index is 10.9. The lowest BCUT2D eigenvalue weighted by Crippen LogP contribution is -2.44. The van der Waals surface area contributed by atoms with E-state index in [1.807, 2.05) is 11.0 Å². The van der Waals surface area contributed by atoms with Gasteiger partial charge in [0.15, 0.2) is 0 Å². The zero-order chi connectivity index (χ0) is 20.5. The van der Waals surface area contributed by atoms with Crippen LogP contribution in [-0.2, 0) is 4.74 Å². The number of phenolic OH excluding ortho intramolecular Hbond substituents is 1. The summed E-state index contributed by atoms with van der Waals surface area (Å²) in [7, 11) is 1.53. The molecule has 2 heterocycles. The van der Waals surface area contributed by atoms with Crippen LogP contribution < -0.4 is 4.74 Å². The molecular formula is C23H34N2O3. The van der Waals surface area contributed by atoms with Gasteiger partial charge in [-0.15, -0.1) is 0 Å². The second kappa shape index (κ2) is 8.06. The van der Waals surface area contributed by atoms with Gasteiger partial charge in [0.1, 0.15) is 17.1 Å². The minimum absolute atomic E-state index is 0.165. The van der Waals surface area contributed by atoms with E-state index in [-0.39, 0.29) is 11.8 Å². The van der Waals surface area contributed by atoms with E-state index in [2.05, 4.69) is 33.8 Å². The average Bonchev–Trinajstić information content (AvgIpc) is 2.66. The summed E-state index contributed by atoms with van der Waals surface area (Å²) in [5.41, 5.74) is 3.78. The van der Waals surface area contributed by atoms with Crippen molar-refractivity contribution >= 4 is 11.6 Å². The number of hydrogen-bond acceptors (Lipinski definition) is 4. The number of unbranched alkanes of at least 4 members (excludes halogenated alkanes) is 2. The maximum absolute atomic E-state index is 10.9. The third-order valence-electron chi connectivity index (χ3n) is 6.13. The molecular weight excluding hydrogens is 352 g/mol. The Bertz CT molecular complexity index is 782. The minimum atomic E-state index is -0.416. The van der Waals surface area contributed by atoms with Crippen molar-refractivity contribution in [1.29, 1.82) is 5.41 Å². The molecule has 1 unspecified atom stereocenters. The van der Waals surface area contributed by atoms with Gasteiger partial charge in [0, 0.05) is 13.1 Å². The number of nitrogens with one attached hydrogen (secondary N) is 1. The van der Waals surface area contributed by atoms with Crippen molar-refractivity contribution in [1.82, 2.24) is 4.90 Å². The number of hydrogen-bond donors (Lipinski definition) is 2. The molecule has 1 aromatic carbocycles. The number of ether oxygens (including phenoxy) is 2. The Labute approximate surface area is 168 Å². The smallest absolute Gasteiger partial charge is 0.284 e. The lowest BCUT2D eigenvalue weighted by molar-refractivity contribution is 0.132. The number of amidine groups is 1. The molecule has 154 valence electrons. The number of benzene rings is 1. The van der Waals surface area contributed by atoms with Crippen LogP contribution in [0.1, 0.15) is 76.8 Å². The summed E-state index contributed by atoms with van der Waals surface area (Å²) < 4.78 is 11.5. The highest BCUT2D eigenvalue weighted by Crippen LogP contribution is 2.49. The van der Waals surface area contributed by atoms with Crippen molar-refractivity contribution in [3.8, 4) is 11.5 Å². The Kier molecular flexibility index (Phi) is 5.92. The first kappa shape index (κ1) is 20.6. The lowest BCUT2D eigenvalue weighted by atomic mass is 9.80. The summed E-state index contributed by atoms with van der Waals surface area (Å²) in [4.78, 5) is 1.91. The standard InChI is InChI=1S/C23H34N2O3/c1-6-7-8-9-15(2)16-12-19(26)21-17-14-25(22(24)27-5)11-10-18(17)23(3,4)28-20(21)13-16/h12-13,15,24,26H,6-11,14H2,1-5H3. The second-order valence-corrected chi connectivity index (χ2v) is 8.56. The molecule has 3 rings (SSSR count). The van der Waals surface area contributed by atoms with Gasteiger partial charge in [-0.1, -0.05) is 33.1 Å². The van der Waals surface area contributed by atoms with Gasteiger partial charge in [0.25, 0.3) is 6.02 Å². The first-order valence-corrected chi connectivity index (χ1v) is 10.4. The summed E-state index contributed by atoms with van der Waals surface area (Å²) in [5, 5.41) is 19.0. The molecule has 0 spiro atoms. The molecule has 2 aliphatic rings. The van der Waals surface area contributed by atoms with Crippen molar-refractivity contribution in [2.24, 2.45) is 0 Å². The third kappa shape index (κ3) is 3.85. The van der Waals surface area contributed by atoms with E-state index < -0.39 is 5.60 Å². The first-order chi connectivity index (χ1) is 13.3. The topological polar surface area (TPSA) is 65.8 Å². The predicted molar refractivity (Wildman–Crippen MR) is 113 cm³/mol. The van der Waals surface area contributed by atoms with Gasteiger partial charge in [-0.05, 0) is 61.4 Å². The Morgan fingerprint density at radius 2 is 2.11 bits per heavy atom. The highest BCUT2D eigenvalue weighted by atomic mass is 16.5. The Morgan fingerprint density at radius 1 is 1.36 bits per heavy atom. The maximum Gasteiger partial charge on any atom is 0.284 e. The molecule has 5 nitrogen and oxygen atoms in total. The van der Waals surface area contributed by atoms with Crippen LogP contribution >= 0.6 is 0 Å². The molecule has 2 aliphatic heterocycles. The fourth-order valence-electron chi connectivity index (χ4n) is 4.45. The molecule has 0 amide bonds. The molecule has 2 N–H and O–H groups in total. The Hall–Kier alpha value is -2.17. The van der Waals surface area contributed by atoms with Gasteiger partial charge < -0.3 is 19.5 Å². The monoisotopic (exact) mass is 386 g/mol. The molecule has 0 saturated heterocycles. The number of aromatic hydroxyl groups is 1. The Morgan fingerprint density at radius 3 is 2.79 bits per heavy atom. The first-order valence-electron chi connectivity index (χ1n) is 10.4. The van der Waals surface area contributed by atoms with E-state index in [4.69, 9.17) is 14.9 Å². The zero-order valence-corrected chi connectivity index (χ0v) is 17.9. The van der Waals surface area contributed by atoms with Crippen molar-refractivity contribution in [2.45, 2.75) is 71.3 Å². The van der Waals surface area contributed by atoms with Gasteiger partial charge >= 0.3 is 0 Å². The highest BCUT2D eigenvalue weighted by Gasteiger charge is 2.39. The van der Waals surface area contributed by atoms with Crippen molar-refractivity contribution in [3.05, 3.63) is 28.8 Å². The van der Waals surface area contributed by atoms with Gasteiger partial charge in [-0.2, -0.15) is 0 Å². The molecule has 1 aromatic rings. The van der Waals surface area contributed by atoms with E-state index in [0.29, 0.717) is 12.5 Å². The van der Waals surface area contributed by atoms with Crippen molar-refractivity contribution in [2.75, 3.05) is 20.2 Å². The van der Waals surface area contributed by atoms with Crippen LogP contribution in [-0.4, -0.2) is 41.8 Å². The van der Waals surface area contributed by atoms with Crippen LogP contribution in [0.3, 0.4) is 0 Å². The zero-order valence-electron chi connectivity index (χ0n) is 17.9.